The van der Waals surface area contributed by atoms with E-state index in [1.807, 2.05) is 6.08 Å². The highest BCUT2D eigenvalue weighted by atomic mass is 15.2. The minimum atomic E-state index is 0.628. The molecule has 0 saturated carbocycles. The quantitative estimate of drug-likeness (QED) is 0.431. The van der Waals surface area contributed by atoms with E-state index in [9.17, 15) is 0 Å². The molecule has 0 aromatic rings. The summed E-state index contributed by atoms with van der Waals surface area (Å²) in [4.78, 5) is 2.49. The molecule has 15 heavy (non-hydrogen) atoms. The molecular weight excluding hydrogens is 182 g/mol. The van der Waals surface area contributed by atoms with Gasteiger partial charge in [0.2, 0.25) is 0 Å². The van der Waals surface area contributed by atoms with Crippen LogP contribution in [0.4, 0.5) is 0 Å². The topological polar surface area (TPSA) is 3.24 Å². The van der Waals surface area contributed by atoms with Gasteiger partial charge in [-0.05, 0) is 47.0 Å². The summed E-state index contributed by atoms with van der Waals surface area (Å²) in [5.41, 5.74) is 0. The highest BCUT2D eigenvalue weighted by molar-refractivity contribution is 4.87. The molecule has 88 valence electrons. The third-order valence-corrected chi connectivity index (χ3v) is 2.59. The Labute approximate surface area is 95.9 Å². The summed E-state index contributed by atoms with van der Waals surface area (Å²) < 4.78 is 0. The Bertz CT molecular complexity index is 172. The number of allylic oxidation sites excluding steroid dienone is 2. The maximum absolute atomic E-state index is 3.72. The van der Waals surface area contributed by atoms with E-state index in [0.29, 0.717) is 12.1 Å². The predicted molar refractivity (Wildman–Crippen MR) is 70.2 cm³/mol. The summed E-state index contributed by atoms with van der Waals surface area (Å²) in [7, 11) is 0. The second-order valence-electron chi connectivity index (χ2n) is 4.58. The normalized spacial score (nSPS) is 12.2. The summed E-state index contributed by atoms with van der Waals surface area (Å²) in [5.74, 6) is 0. The third-order valence-electron chi connectivity index (χ3n) is 2.59. The van der Waals surface area contributed by atoms with E-state index >= 15 is 0 Å². The Balaban J connectivity index is 3.74. The van der Waals surface area contributed by atoms with Crippen LogP contribution in [0.5, 0.6) is 0 Å². The molecule has 1 heteroatoms. The summed E-state index contributed by atoms with van der Waals surface area (Å²) in [6.45, 7) is 13.8. The molecule has 0 radical (unpaired) electrons. The second-order valence-corrected chi connectivity index (χ2v) is 4.58. The molecule has 0 atom stereocenters. The molecule has 0 N–H and O–H groups in total. The number of nitrogens with zero attached hydrogens (tertiary/aromatic N) is 1. The molecule has 0 aliphatic carbocycles. The van der Waals surface area contributed by atoms with Crippen molar-refractivity contribution in [3.63, 3.8) is 0 Å². The Hall–Kier alpha value is -0.560. The fraction of sp³-hybridized carbons (Fsp3) is 0.714. The van der Waals surface area contributed by atoms with Gasteiger partial charge in [0.05, 0.1) is 0 Å². The molecule has 0 aromatic heterocycles. The highest BCUT2D eigenvalue weighted by Crippen LogP contribution is 2.05. The van der Waals surface area contributed by atoms with Gasteiger partial charge in [-0.1, -0.05) is 18.2 Å². The van der Waals surface area contributed by atoms with Gasteiger partial charge in [-0.15, -0.1) is 6.58 Å². The van der Waals surface area contributed by atoms with E-state index < -0.39 is 0 Å². The standard InChI is InChI=1S/C14H27N/c1-6-7-8-9-10-11-12-15(13(2)3)14(4)5/h6,10-11,13-14H,1,7-9,12H2,2-5H3/b11-10+. The minimum absolute atomic E-state index is 0.628. The fourth-order valence-electron chi connectivity index (χ4n) is 1.71. The lowest BCUT2D eigenvalue weighted by Gasteiger charge is -2.29. The Morgan fingerprint density at radius 2 is 1.60 bits per heavy atom. The van der Waals surface area contributed by atoms with Crippen LogP contribution in [0.2, 0.25) is 0 Å². The molecule has 0 heterocycles. The number of hydrogen-bond acceptors (Lipinski definition) is 1. The van der Waals surface area contributed by atoms with Gasteiger partial charge in [0.25, 0.3) is 0 Å². The summed E-state index contributed by atoms with van der Waals surface area (Å²) >= 11 is 0. The number of rotatable bonds is 8. The number of hydrogen-bond donors (Lipinski definition) is 0. The van der Waals surface area contributed by atoms with Crippen LogP contribution in [0.3, 0.4) is 0 Å². The third kappa shape index (κ3) is 7.38. The first-order valence-electron chi connectivity index (χ1n) is 6.11. The first kappa shape index (κ1) is 14.4. The largest absolute Gasteiger partial charge is 0.295 e. The van der Waals surface area contributed by atoms with Crippen molar-refractivity contribution in [3.8, 4) is 0 Å². The molecule has 0 unspecified atom stereocenters. The van der Waals surface area contributed by atoms with Gasteiger partial charge in [-0.2, -0.15) is 0 Å². The van der Waals surface area contributed by atoms with E-state index in [0.717, 1.165) is 13.0 Å². The van der Waals surface area contributed by atoms with Crippen LogP contribution in [0.25, 0.3) is 0 Å². The molecule has 0 rings (SSSR count). The lowest BCUT2D eigenvalue weighted by Crippen LogP contribution is -2.36. The van der Waals surface area contributed by atoms with Crippen molar-refractivity contribution < 1.29 is 0 Å². The zero-order valence-corrected chi connectivity index (χ0v) is 10.9. The lowest BCUT2D eigenvalue weighted by atomic mass is 10.2. The van der Waals surface area contributed by atoms with Crippen molar-refractivity contribution >= 4 is 0 Å². The Morgan fingerprint density at radius 1 is 1.00 bits per heavy atom. The van der Waals surface area contributed by atoms with Crippen LogP contribution in [-0.4, -0.2) is 23.5 Å². The van der Waals surface area contributed by atoms with Gasteiger partial charge in [-0.3, -0.25) is 4.90 Å². The molecule has 0 aliphatic rings. The van der Waals surface area contributed by atoms with Crippen LogP contribution in [0.1, 0.15) is 47.0 Å². The maximum atomic E-state index is 3.72. The van der Waals surface area contributed by atoms with Crippen LogP contribution in [-0.2, 0) is 0 Å². The molecule has 0 bridgehead atoms. The molecule has 0 fully saturated rings. The Morgan fingerprint density at radius 3 is 2.07 bits per heavy atom. The van der Waals surface area contributed by atoms with E-state index in [2.05, 4.69) is 51.3 Å². The van der Waals surface area contributed by atoms with Crippen molar-refractivity contribution in [1.82, 2.24) is 4.90 Å². The van der Waals surface area contributed by atoms with Crippen LogP contribution in [0.15, 0.2) is 24.8 Å². The molecular formula is C14H27N. The van der Waals surface area contributed by atoms with Crippen molar-refractivity contribution in [2.45, 2.75) is 59.0 Å². The van der Waals surface area contributed by atoms with Crippen molar-refractivity contribution in [2.24, 2.45) is 0 Å². The summed E-state index contributed by atoms with van der Waals surface area (Å²) in [5, 5.41) is 0. The van der Waals surface area contributed by atoms with Crippen molar-refractivity contribution in [1.29, 1.82) is 0 Å². The number of unbranched alkanes of at least 4 members (excludes halogenated alkanes) is 2. The van der Waals surface area contributed by atoms with E-state index in [1.165, 1.54) is 12.8 Å². The predicted octanol–water partition coefficient (Wildman–Crippen LogP) is 4.02. The van der Waals surface area contributed by atoms with Gasteiger partial charge in [0, 0.05) is 18.6 Å². The van der Waals surface area contributed by atoms with Crippen LogP contribution >= 0.6 is 0 Å². The first-order valence-corrected chi connectivity index (χ1v) is 6.11. The van der Waals surface area contributed by atoms with Gasteiger partial charge in [0.15, 0.2) is 0 Å². The summed E-state index contributed by atoms with van der Waals surface area (Å²) in [6.07, 6.45) is 10.1. The molecule has 0 aromatic carbocycles. The van der Waals surface area contributed by atoms with Crippen molar-refractivity contribution in [3.05, 3.63) is 24.8 Å². The zero-order chi connectivity index (χ0) is 11.7. The summed E-state index contributed by atoms with van der Waals surface area (Å²) in [6, 6.07) is 1.26. The minimum Gasteiger partial charge on any atom is -0.295 e. The second kappa shape index (κ2) is 8.72. The smallest absolute Gasteiger partial charge is 0.0168 e. The monoisotopic (exact) mass is 209 g/mol. The fourth-order valence-corrected chi connectivity index (χ4v) is 1.71. The van der Waals surface area contributed by atoms with E-state index in [1.54, 1.807) is 0 Å². The van der Waals surface area contributed by atoms with E-state index in [4.69, 9.17) is 0 Å². The van der Waals surface area contributed by atoms with E-state index in [-0.39, 0.29) is 0 Å². The van der Waals surface area contributed by atoms with Crippen molar-refractivity contribution in [2.75, 3.05) is 6.54 Å². The maximum Gasteiger partial charge on any atom is 0.0168 e. The van der Waals surface area contributed by atoms with Crippen LogP contribution in [0, 0.1) is 0 Å². The average Bonchev–Trinajstić information content (AvgIpc) is 2.15. The van der Waals surface area contributed by atoms with Gasteiger partial charge >= 0.3 is 0 Å². The van der Waals surface area contributed by atoms with Crippen LogP contribution < -0.4 is 0 Å². The van der Waals surface area contributed by atoms with Gasteiger partial charge in [-0.25, -0.2) is 0 Å². The molecule has 0 saturated heterocycles. The lowest BCUT2D eigenvalue weighted by molar-refractivity contribution is 0.196. The first-order chi connectivity index (χ1) is 7.09. The molecule has 1 nitrogen and oxygen atoms in total. The molecule has 0 aliphatic heterocycles. The Kier molecular flexibility index (Phi) is 8.40. The molecule has 0 spiro atoms. The SMILES string of the molecule is C=CCCC/C=C/CN(C(C)C)C(C)C. The van der Waals surface area contributed by atoms with Gasteiger partial charge < -0.3 is 0 Å². The van der Waals surface area contributed by atoms with Gasteiger partial charge in [0.1, 0.15) is 0 Å². The molecule has 0 amide bonds. The highest BCUT2D eigenvalue weighted by Gasteiger charge is 2.10. The average molecular weight is 209 g/mol. The zero-order valence-electron chi connectivity index (χ0n) is 10.9.